The van der Waals surface area contributed by atoms with Crippen molar-refractivity contribution < 1.29 is 41.0 Å². The molecule has 1 rings (SSSR count). The maximum absolute atomic E-state index is 12.5. The molecule has 1 aromatic rings. The fourth-order valence-electron chi connectivity index (χ4n) is 1.79. The lowest BCUT2D eigenvalue weighted by atomic mass is 9.99. The van der Waals surface area contributed by atoms with Crippen LogP contribution in [0, 0.1) is 5.92 Å². The molecule has 0 bridgehead atoms. The molecule has 10 heteroatoms. The molecule has 23 heavy (non-hydrogen) atoms. The predicted molar refractivity (Wildman–Crippen MR) is 66.2 cm³/mol. The molecule has 1 aromatic carbocycles. The molecule has 1 atom stereocenters. The lowest BCUT2D eigenvalue weighted by Crippen LogP contribution is -2.54. The van der Waals surface area contributed by atoms with E-state index in [1.165, 1.54) is 5.32 Å². The lowest BCUT2D eigenvalue weighted by molar-refractivity contribution is -0.292. The van der Waals surface area contributed by atoms with Crippen LogP contribution in [0.3, 0.4) is 0 Å². The minimum atomic E-state index is -5.68. The van der Waals surface area contributed by atoms with E-state index >= 15 is 0 Å². The predicted octanol–water partition coefficient (Wildman–Crippen LogP) is 3.01. The number of alkyl carbamates (subject to hydrolysis) is 1. The second-order valence-electron chi connectivity index (χ2n) is 4.56. The van der Waals surface area contributed by atoms with Crippen molar-refractivity contribution in [1.29, 1.82) is 0 Å². The Bertz CT molecular complexity index is 489. The van der Waals surface area contributed by atoms with Crippen molar-refractivity contribution in [3.8, 4) is 0 Å². The summed E-state index contributed by atoms with van der Waals surface area (Å²) < 4.78 is 79.7. The van der Waals surface area contributed by atoms with E-state index in [0.29, 0.717) is 5.56 Å². The molecule has 0 aliphatic rings. The lowest BCUT2D eigenvalue weighted by Gasteiger charge is -2.29. The second-order valence-corrected chi connectivity index (χ2v) is 4.56. The van der Waals surface area contributed by atoms with Crippen LogP contribution in [0.4, 0.5) is 31.1 Å². The maximum Gasteiger partial charge on any atom is 0.407 e. The molecule has 0 saturated heterocycles. The molecule has 1 amide bonds. The van der Waals surface area contributed by atoms with E-state index in [4.69, 9.17) is 5.11 Å². The van der Waals surface area contributed by atoms with Gasteiger partial charge in [-0.1, -0.05) is 30.3 Å². The number of nitrogens with one attached hydrogen (secondary N) is 1. The zero-order valence-electron chi connectivity index (χ0n) is 11.5. The molecule has 4 nitrogen and oxygen atoms in total. The minimum absolute atomic E-state index is 0.340. The molecule has 0 fully saturated rings. The van der Waals surface area contributed by atoms with Gasteiger partial charge in [0.15, 0.2) is 5.92 Å². The van der Waals surface area contributed by atoms with Gasteiger partial charge in [-0.15, -0.1) is 0 Å². The van der Waals surface area contributed by atoms with Crippen LogP contribution in [0.1, 0.15) is 5.56 Å². The molecule has 0 aliphatic heterocycles. The summed E-state index contributed by atoms with van der Waals surface area (Å²) in [6.45, 7) is -1.89. The Morgan fingerprint density at radius 2 is 1.61 bits per heavy atom. The summed E-state index contributed by atoms with van der Waals surface area (Å²) in [5.74, 6) is -3.90. The van der Waals surface area contributed by atoms with Gasteiger partial charge in [-0.05, 0) is 5.56 Å². The molecule has 0 unspecified atom stereocenters. The Morgan fingerprint density at radius 3 is 2.04 bits per heavy atom. The van der Waals surface area contributed by atoms with Gasteiger partial charge < -0.3 is 15.2 Å². The third-order valence-electron chi connectivity index (χ3n) is 2.82. The van der Waals surface area contributed by atoms with E-state index in [-0.39, 0.29) is 6.61 Å². The summed E-state index contributed by atoms with van der Waals surface area (Å²) in [6, 6.07) is 5.38. The number of aliphatic hydroxyl groups excluding tert-OH is 1. The van der Waals surface area contributed by atoms with Gasteiger partial charge in [0.25, 0.3) is 0 Å². The van der Waals surface area contributed by atoms with Gasteiger partial charge >= 0.3 is 18.4 Å². The molecule has 130 valence electrons. The van der Waals surface area contributed by atoms with Crippen molar-refractivity contribution in [3.05, 3.63) is 35.9 Å². The highest BCUT2D eigenvalue weighted by Gasteiger charge is 2.60. The fraction of sp³-hybridized carbons (Fsp3) is 0.462. The second kappa shape index (κ2) is 7.53. The van der Waals surface area contributed by atoms with Crippen LogP contribution < -0.4 is 5.32 Å². The standard InChI is InChI=1S/C13H13F6NO3/c14-12(15,16)10(13(17,18)19)9(6-21)20-11(22)23-7-8-4-2-1-3-5-8/h1-5,9-10,21H,6-7H2,(H,20,22)/t9-/m0/s1. The zero-order chi connectivity index (χ0) is 17.7. The minimum Gasteiger partial charge on any atom is -0.445 e. The SMILES string of the molecule is O=C(N[C@@H](CO)C(C(F)(F)F)C(F)(F)F)OCc1ccccc1. The largest absolute Gasteiger partial charge is 0.445 e. The van der Waals surface area contributed by atoms with E-state index in [2.05, 4.69) is 4.74 Å². The van der Waals surface area contributed by atoms with E-state index in [9.17, 15) is 31.1 Å². The average molecular weight is 345 g/mol. The van der Waals surface area contributed by atoms with Crippen LogP contribution >= 0.6 is 0 Å². The molecular weight excluding hydrogens is 332 g/mol. The smallest absolute Gasteiger partial charge is 0.407 e. The summed E-state index contributed by atoms with van der Waals surface area (Å²) in [5, 5.41) is 10.2. The van der Waals surface area contributed by atoms with Crippen molar-refractivity contribution in [2.24, 2.45) is 5.92 Å². The van der Waals surface area contributed by atoms with E-state index in [1.807, 2.05) is 0 Å². The number of ether oxygens (including phenoxy) is 1. The Labute approximate surface area is 127 Å². The molecule has 0 aliphatic carbocycles. The van der Waals surface area contributed by atoms with E-state index in [1.54, 1.807) is 30.3 Å². The number of alkyl halides is 6. The zero-order valence-corrected chi connectivity index (χ0v) is 11.5. The van der Waals surface area contributed by atoms with Crippen LogP contribution in [-0.2, 0) is 11.3 Å². The van der Waals surface area contributed by atoms with E-state index in [0.717, 1.165) is 0 Å². The summed E-state index contributed by atoms with van der Waals surface area (Å²) in [5.41, 5.74) is 0.492. The summed E-state index contributed by atoms with van der Waals surface area (Å²) >= 11 is 0. The molecule has 2 N–H and O–H groups in total. The first-order valence-corrected chi connectivity index (χ1v) is 6.27. The summed E-state index contributed by atoms with van der Waals surface area (Å²) in [7, 11) is 0. The van der Waals surface area contributed by atoms with Gasteiger partial charge in [0, 0.05) is 0 Å². The number of hydrogen-bond donors (Lipinski definition) is 2. The molecule has 0 heterocycles. The fourth-order valence-corrected chi connectivity index (χ4v) is 1.79. The average Bonchev–Trinajstić information content (AvgIpc) is 2.42. The quantitative estimate of drug-likeness (QED) is 0.807. The van der Waals surface area contributed by atoms with Gasteiger partial charge in [0.05, 0.1) is 12.6 Å². The summed E-state index contributed by atoms with van der Waals surface area (Å²) in [4.78, 5) is 11.4. The molecule has 0 saturated carbocycles. The number of rotatable bonds is 5. The normalized spacial score (nSPS) is 13.7. The molecular formula is C13H13F6NO3. The third-order valence-corrected chi connectivity index (χ3v) is 2.82. The van der Waals surface area contributed by atoms with Crippen LogP contribution in [0.2, 0.25) is 0 Å². The number of carbonyl (C=O) groups excluding carboxylic acids is 1. The number of amides is 1. The Kier molecular flexibility index (Phi) is 6.25. The molecule has 0 aromatic heterocycles. The highest BCUT2D eigenvalue weighted by molar-refractivity contribution is 5.67. The first-order chi connectivity index (χ1) is 10.6. The van der Waals surface area contributed by atoms with Crippen molar-refractivity contribution in [1.82, 2.24) is 5.32 Å². The van der Waals surface area contributed by atoms with Crippen LogP contribution in [0.5, 0.6) is 0 Å². The number of hydrogen-bond acceptors (Lipinski definition) is 3. The molecule has 0 radical (unpaired) electrons. The number of carbonyl (C=O) groups is 1. The van der Waals surface area contributed by atoms with Crippen LogP contribution in [0.25, 0.3) is 0 Å². The summed E-state index contributed by atoms with van der Waals surface area (Å²) in [6.07, 6.45) is -12.9. The van der Waals surface area contributed by atoms with Crippen molar-refractivity contribution in [3.63, 3.8) is 0 Å². The van der Waals surface area contributed by atoms with Crippen LogP contribution in [0.15, 0.2) is 30.3 Å². The van der Waals surface area contributed by atoms with Gasteiger partial charge in [0.2, 0.25) is 0 Å². The van der Waals surface area contributed by atoms with E-state index < -0.39 is 37.0 Å². The number of halogens is 6. The van der Waals surface area contributed by atoms with Crippen molar-refractivity contribution >= 4 is 6.09 Å². The molecule has 0 spiro atoms. The third kappa shape index (κ3) is 5.97. The van der Waals surface area contributed by atoms with Crippen molar-refractivity contribution in [2.75, 3.05) is 6.61 Å². The highest BCUT2D eigenvalue weighted by Crippen LogP contribution is 2.41. The van der Waals surface area contributed by atoms with Crippen molar-refractivity contribution in [2.45, 2.75) is 25.0 Å². The van der Waals surface area contributed by atoms with Gasteiger partial charge in [-0.25, -0.2) is 4.79 Å². The van der Waals surface area contributed by atoms with Gasteiger partial charge in [-0.3, -0.25) is 0 Å². The Hall–Kier alpha value is -1.97. The number of aliphatic hydroxyl groups is 1. The Balaban J connectivity index is 2.72. The van der Waals surface area contributed by atoms with Crippen LogP contribution in [-0.4, -0.2) is 36.2 Å². The van der Waals surface area contributed by atoms with Gasteiger partial charge in [0.1, 0.15) is 6.61 Å². The monoisotopic (exact) mass is 345 g/mol. The number of benzene rings is 1. The maximum atomic E-state index is 12.5. The Morgan fingerprint density at radius 1 is 1.09 bits per heavy atom. The topological polar surface area (TPSA) is 58.6 Å². The van der Waals surface area contributed by atoms with Gasteiger partial charge in [-0.2, -0.15) is 26.3 Å². The highest BCUT2D eigenvalue weighted by atomic mass is 19.4. The first-order valence-electron chi connectivity index (χ1n) is 6.27. The first kappa shape index (κ1) is 19.1.